The predicted molar refractivity (Wildman–Crippen MR) is 102 cm³/mol. The summed E-state index contributed by atoms with van der Waals surface area (Å²) < 4.78 is 10.6. The molecule has 28 heavy (non-hydrogen) atoms. The van der Waals surface area contributed by atoms with Crippen LogP contribution >= 0.6 is 0 Å². The molecule has 0 spiro atoms. The second-order valence-corrected chi connectivity index (χ2v) is 7.25. The van der Waals surface area contributed by atoms with Gasteiger partial charge in [0.05, 0.1) is 25.0 Å². The number of rotatable bonds is 5. The van der Waals surface area contributed by atoms with Crippen LogP contribution in [0.2, 0.25) is 0 Å². The van der Waals surface area contributed by atoms with E-state index in [-0.39, 0.29) is 17.4 Å². The zero-order valence-electron chi connectivity index (χ0n) is 15.8. The van der Waals surface area contributed by atoms with Gasteiger partial charge in [0.25, 0.3) is 5.91 Å². The van der Waals surface area contributed by atoms with Crippen molar-refractivity contribution < 1.29 is 23.8 Å². The lowest BCUT2D eigenvalue weighted by Crippen LogP contribution is -2.41. The maximum absolute atomic E-state index is 13.1. The lowest BCUT2D eigenvalue weighted by molar-refractivity contribution is -0.132. The van der Waals surface area contributed by atoms with E-state index in [9.17, 15) is 14.7 Å². The minimum absolute atomic E-state index is 0.0125. The number of furan rings is 1. The molecule has 4 rings (SSSR count). The maximum Gasteiger partial charge on any atom is 0.290 e. The number of amides is 1. The highest BCUT2D eigenvalue weighted by atomic mass is 16.5. The van der Waals surface area contributed by atoms with Crippen LogP contribution in [0.15, 0.2) is 58.4 Å². The first-order valence-corrected chi connectivity index (χ1v) is 9.59. The van der Waals surface area contributed by atoms with Crippen LogP contribution in [0.5, 0.6) is 5.75 Å². The van der Waals surface area contributed by atoms with E-state index in [0.29, 0.717) is 5.75 Å². The van der Waals surface area contributed by atoms with E-state index in [1.165, 1.54) is 6.26 Å². The molecule has 1 fully saturated rings. The van der Waals surface area contributed by atoms with Gasteiger partial charge in [-0.15, -0.1) is 0 Å². The van der Waals surface area contributed by atoms with Crippen LogP contribution in [0.1, 0.15) is 54.3 Å². The number of Topliss-reactive ketones (excluding diaryl/α,β-unsaturated/α-hetero) is 1. The van der Waals surface area contributed by atoms with Crippen LogP contribution in [-0.2, 0) is 4.79 Å². The summed E-state index contributed by atoms with van der Waals surface area (Å²) in [4.78, 5) is 27.8. The van der Waals surface area contributed by atoms with Crippen molar-refractivity contribution in [1.29, 1.82) is 0 Å². The van der Waals surface area contributed by atoms with Crippen LogP contribution in [0.25, 0.3) is 0 Å². The smallest absolute Gasteiger partial charge is 0.290 e. The SMILES string of the molecule is COc1cccc(C2C(C(=O)c3ccco3)=C(O)C(=O)N2C2CCCCC2)c1. The molecule has 0 saturated heterocycles. The summed E-state index contributed by atoms with van der Waals surface area (Å²) in [6.45, 7) is 0. The Balaban J connectivity index is 1.81. The van der Waals surface area contributed by atoms with E-state index >= 15 is 0 Å². The molecule has 146 valence electrons. The van der Waals surface area contributed by atoms with Crippen molar-refractivity contribution in [3.05, 3.63) is 65.3 Å². The Hall–Kier alpha value is -3.02. The Bertz CT molecular complexity index is 909. The first kappa shape index (κ1) is 18.3. The molecule has 1 aliphatic carbocycles. The maximum atomic E-state index is 13.1. The number of ketones is 1. The van der Waals surface area contributed by atoms with Crippen LogP contribution in [0, 0.1) is 0 Å². The van der Waals surface area contributed by atoms with Crippen LogP contribution < -0.4 is 4.74 Å². The second kappa shape index (κ2) is 7.54. The lowest BCUT2D eigenvalue weighted by atomic mass is 9.90. The summed E-state index contributed by atoms with van der Waals surface area (Å²) in [5.74, 6) is -0.714. The topological polar surface area (TPSA) is 80.0 Å². The normalized spacial score (nSPS) is 20.7. The molecule has 1 aliphatic heterocycles. The zero-order chi connectivity index (χ0) is 19.7. The van der Waals surface area contributed by atoms with E-state index in [1.54, 1.807) is 24.1 Å². The van der Waals surface area contributed by atoms with Crippen molar-refractivity contribution in [2.45, 2.75) is 44.2 Å². The molecule has 2 aromatic rings. The molecule has 1 unspecified atom stereocenters. The van der Waals surface area contributed by atoms with Gasteiger partial charge in [0.1, 0.15) is 5.75 Å². The number of carbonyl (C=O) groups is 2. The molecule has 1 atom stereocenters. The quantitative estimate of drug-likeness (QED) is 0.785. The van der Waals surface area contributed by atoms with E-state index in [2.05, 4.69) is 0 Å². The fourth-order valence-corrected chi connectivity index (χ4v) is 4.27. The van der Waals surface area contributed by atoms with Crippen molar-refractivity contribution >= 4 is 11.7 Å². The largest absolute Gasteiger partial charge is 0.503 e. The van der Waals surface area contributed by atoms with Crippen molar-refractivity contribution in [2.24, 2.45) is 0 Å². The third-order valence-corrected chi connectivity index (χ3v) is 5.61. The number of hydrogen-bond donors (Lipinski definition) is 1. The van der Waals surface area contributed by atoms with Crippen molar-refractivity contribution in [3.8, 4) is 5.75 Å². The average Bonchev–Trinajstić information content (AvgIpc) is 3.36. The van der Waals surface area contributed by atoms with Gasteiger partial charge in [0.2, 0.25) is 5.78 Å². The molecule has 6 heteroatoms. The van der Waals surface area contributed by atoms with Gasteiger partial charge in [-0.3, -0.25) is 9.59 Å². The Labute approximate surface area is 163 Å². The highest BCUT2D eigenvalue weighted by Gasteiger charge is 2.47. The Morgan fingerprint density at radius 3 is 2.64 bits per heavy atom. The van der Waals surface area contributed by atoms with Crippen LogP contribution in [-0.4, -0.2) is 34.8 Å². The highest BCUT2D eigenvalue weighted by Crippen LogP contribution is 2.43. The average molecular weight is 381 g/mol. The number of hydrogen-bond acceptors (Lipinski definition) is 5. The predicted octanol–water partition coefficient (Wildman–Crippen LogP) is 4.20. The summed E-state index contributed by atoms with van der Waals surface area (Å²) in [6, 6.07) is 9.77. The summed E-state index contributed by atoms with van der Waals surface area (Å²) in [5.41, 5.74) is 0.802. The van der Waals surface area contributed by atoms with Crippen molar-refractivity contribution in [3.63, 3.8) is 0 Å². The van der Waals surface area contributed by atoms with Gasteiger partial charge in [-0.05, 0) is 42.7 Å². The number of aliphatic hydroxyl groups excluding tert-OH is 1. The highest BCUT2D eigenvalue weighted by molar-refractivity contribution is 6.15. The number of methoxy groups -OCH3 is 1. The third-order valence-electron chi connectivity index (χ3n) is 5.61. The molecule has 0 radical (unpaired) electrons. The first-order valence-electron chi connectivity index (χ1n) is 9.59. The molecule has 2 aliphatic rings. The van der Waals surface area contributed by atoms with E-state index < -0.39 is 23.5 Å². The summed E-state index contributed by atoms with van der Waals surface area (Å²) in [5, 5.41) is 10.7. The molecule has 1 N–H and O–H groups in total. The molecule has 2 heterocycles. The van der Waals surface area contributed by atoms with Gasteiger partial charge >= 0.3 is 0 Å². The zero-order valence-corrected chi connectivity index (χ0v) is 15.8. The van der Waals surface area contributed by atoms with Crippen LogP contribution in [0.3, 0.4) is 0 Å². The van der Waals surface area contributed by atoms with Gasteiger partial charge in [-0.25, -0.2) is 0 Å². The van der Waals surface area contributed by atoms with Gasteiger partial charge in [0.15, 0.2) is 11.5 Å². The number of carbonyl (C=O) groups excluding carboxylic acids is 2. The molecule has 1 amide bonds. The van der Waals surface area contributed by atoms with Crippen molar-refractivity contribution in [2.75, 3.05) is 7.11 Å². The number of benzene rings is 1. The number of aliphatic hydroxyl groups is 1. The van der Waals surface area contributed by atoms with Gasteiger partial charge in [-0.1, -0.05) is 31.4 Å². The molecule has 1 aromatic heterocycles. The summed E-state index contributed by atoms with van der Waals surface area (Å²) in [6.07, 6.45) is 6.33. The van der Waals surface area contributed by atoms with Gasteiger partial charge in [0, 0.05) is 6.04 Å². The minimum atomic E-state index is -0.664. The lowest BCUT2D eigenvalue weighted by Gasteiger charge is -2.36. The third kappa shape index (κ3) is 3.09. The Kier molecular flexibility index (Phi) is 4.94. The summed E-state index contributed by atoms with van der Waals surface area (Å²) >= 11 is 0. The molecular weight excluding hydrogens is 358 g/mol. The molecule has 1 aromatic carbocycles. The fraction of sp³-hybridized carbons (Fsp3) is 0.364. The van der Waals surface area contributed by atoms with Gasteiger partial charge in [-0.2, -0.15) is 0 Å². The standard InChI is InChI=1S/C22H23NO5/c1-27-16-10-5-7-14(13-16)19-18(20(24)17-11-6-12-28-17)21(25)22(26)23(19)15-8-3-2-4-9-15/h5-7,10-13,15,19,25H,2-4,8-9H2,1H3. The van der Waals surface area contributed by atoms with Crippen LogP contribution in [0.4, 0.5) is 0 Å². The molecule has 1 saturated carbocycles. The number of nitrogens with zero attached hydrogens (tertiary/aromatic N) is 1. The Morgan fingerprint density at radius 1 is 1.18 bits per heavy atom. The fourth-order valence-electron chi connectivity index (χ4n) is 4.27. The van der Waals surface area contributed by atoms with E-state index in [0.717, 1.165) is 37.7 Å². The summed E-state index contributed by atoms with van der Waals surface area (Å²) in [7, 11) is 1.57. The van der Waals surface area contributed by atoms with E-state index in [4.69, 9.17) is 9.15 Å². The molecule has 0 bridgehead atoms. The Morgan fingerprint density at radius 2 is 1.96 bits per heavy atom. The van der Waals surface area contributed by atoms with Gasteiger partial charge < -0.3 is 19.2 Å². The van der Waals surface area contributed by atoms with Crippen molar-refractivity contribution in [1.82, 2.24) is 4.90 Å². The van der Waals surface area contributed by atoms with E-state index in [1.807, 2.05) is 24.3 Å². The second-order valence-electron chi connectivity index (χ2n) is 7.25. The monoisotopic (exact) mass is 381 g/mol. The number of ether oxygens (including phenoxy) is 1. The minimum Gasteiger partial charge on any atom is -0.503 e. The first-order chi connectivity index (χ1) is 13.6. The molecule has 6 nitrogen and oxygen atoms in total. The molecular formula is C22H23NO5.